The predicted molar refractivity (Wildman–Crippen MR) is 85.7 cm³/mol. The molecule has 0 aliphatic rings. The quantitative estimate of drug-likeness (QED) is 0.686. The summed E-state index contributed by atoms with van der Waals surface area (Å²) in [6.07, 6.45) is 1.05. The van der Waals surface area contributed by atoms with E-state index in [9.17, 15) is 9.59 Å². The summed E-state index contributed by atoms with van der Waals surface area (Å²) in [4.78, 5) is 23.9. The number of hydrogen-bond acceptors (Lipinski definition) is 4. The van der Waals surface area contributed by atoms with Gasteiger partial charge in [-0.3, -0.25) is 4.79 Å². The van der Waals surface area contributed by atoms with E-state index in [1.54, 1.807) is 13.0 Å². The molecule has 0 aromatic heterocycles. The average Bonchev–Trinajstić information content (AvgIpc) is 2.46. The van der Waals surface area contributed by atoms with E-state index in [2.05, 4.69) is 13.8 Å². The summed E-state index contributed by atoms with van der Waals surface area (Å²) in [5, 5.41) is 0. The Labute approximate surface area is 132 Å². The van der Waals surface area contributed by atoms with Gasteiger partial charge in [0, 0.05) is 0 Å². The summed E-state index contributed by atoms with van der Waals surface area (Å²) in [5.41, 5.74) is 1.56. The molecule has 0 saturated heterocycles. The van der Waals surface area contributed by atoms with Crippen LogP contribution in [0.4, 0.5) is 0 Å². The monoisotopic (exact) mass is 306 g/mol. The molecule has 122 valence electrons. The van der Waals surface area contributed by atoms with Crippen LogP contribution in [0.1, 0.15) is 56.5 Å². The van der Waals surface area contributed by atoms with E-state index in [0.29, 0.717) is 24.5 Å². The largest absolute Gasteiger partial charge is 0.466 e. The van der Waals surface area contributed by atoms with Gasteiger partial charge in [0.1, 0.15) is 6.10 Å². The first-order valence-electron chi connectivity index (χ1n) is 7.92. The highest BCUT2D eigenvalue weighted by Crippen LogP contribution is 2.17. The molecule has 0 saturated carbocycles. The molecule has 1 unspecified atom stereocenters. The van der Waals surface area contributed by atoms with Crippen molar-refractivity contribution in [2.24, 2.45) is 5.92 Å². The van der Waals surface area contributed by atoms with Crippen LogP contribution in [-0.2, 0) is 20.7 Å². The molecule has 0 radical (unpaired) electrons. The zero-order valence-corrected chi connectivity index (χ0v) is 13.9. The van der Waals surface area contributed by atoms with Crippen molar-refractivity contribution < 1.29 is 19.1 Å². The first-order chi connectivity index (χ1) is 10.5. The number of rotatable bonds is 8. The maximum Gasteiger partial charge on any atom is 0.338 e. The van der Waals surface area contributed by atoms with Gasteiger partial charge in [0.05, 0.1) is 18.6 Å². The molecule has 0 heterocycles. The summed E-state index contributed by atoms with van der Waals surface area (Å²) in [5.74, 6) is -0.250. The zero-order valence-electron chi connectivity index (χ0n) is 13.9. The van der Waals surface area contributed by atoms with Gasteiger partial charge >= 0.3 is 11.9 Å². The second-order valence-corrected chi connectivity index (χ2v) is 5.70. The van der Waals surface area contributed by atoms with Crippen LogP contribution in [0.2, 0.25) is 0 Å². The van der Waals surface area contributed by atoms with E-state index < -0.39 is 6.10 Å². The first kappa shape index (κ1) is 18.2. The van der Waals surface area contributed by atoms with Crippen molar-refractivity contribution in [3.05, 3.63) is 35.4 Å². The van der Waals surface area contributed by atoms with Gasteiger partial charge in [-0.2, -0.15) is 0 Å². The molecule has 0 aliphatic heterocycles. The van der Waals surface area contributed by atoms with E-state index in [0.717, 1.165) is 12.0 Å². The summed E-state index contributed by atoms with van der Waals surface area (Å²) in [7, 11) is 0. The normalized spacial score (nSPS) is 12.0. The van der Waals surface area contributed by atoms with Crippen molar-refractivity contribution in [2.45, 2.75) is 53.1 Å². The van der Waals surface area contributed by atoms with Crippen molar-refractivity contribution in [3.63, 3.8) is 0 Å². The lowest BCUT2D eigenvalue weighted by Gasteiger charge is -2.17. The topological polar surface area (TPSA) is 52.6 Å². The Balaban J connectivity index is 2.76. The summed E-state index contributed by atoms with van der Waals surface area (Å²) in [6.45, 7) is 8.19. The Kier molecular flexibility index (Phi) is 7.64. The molecule has 0 aliphatic carbocycles. The van der Waals surface area contributed by atoms with Gasteiger partial charge in [-0.25, -0.2) is 4.79 Å². The molecular weight excluding hydrogens is 280 g/mol. The highest BCUT2D eigenvalue weighted by atomic mass is 16.6. The van der Waals surface area contributed by atoms with Crippen LogP contribution in [0.15, 0.2) is 24.3 Å². The third-order valence-corrected chi connectivity index (χ3v) is 3.29. The lowest BCUT2D eigenvalue weighted by Crippen LogP contribution is -2.23. The fourth-order valence-corrected chi connectivity index (χ4v) is 2.23. The van der Waals surface area contributed by atoms with E-state index >= 15 is 0 Å². The number of esters is 2. The SMILES string of the molecule is CCOC(=O)CC(CC)OC(=O)c1ccccc1CC(C)C. The van der Waals surface area contributed by atoms with Crippen LogP contribution in [0.3, 0.4) is 0 Å². The molecule has 4 nitrogen and oxygen atoms in total. The smallest absolute Gasteiger partial charge is 0.338 e. The van der Waals surface area contributed by atoms with Crippen molar-refractivity contribution in [1.29, 1.82) is 0 Å². The minimum Gasteiger partial charge on any atom is -0.466 e. The molecule has 0 bridgehead atoms. The standard InChI is InChI=1S/C18H26O4/c1-5-15(12-17(19)21-6-2)22-18(20)16-10-8-7-9-14(16)11-13(3)4/h7-10,13,15H,5-6,11-12H2,1-4H3. The molecular formula is C18H26O4. The van der Waals surface area contributed by atoms with Gasteiger partial charge in [0.2, 0.25) is 0 Å². The van der Waals surface area contributed by atoms with Gasteiger partial charge in [-0.1, -0.05) is 39.0 Å². The van der Waals surface area contributed by atoms with Crippen LogP contribution in [0.25, 0.3) is 0 Å². The molecule has 1 aromatic rings. The lowest BCUT2D eigenvalue weighted by molar-refractivity contribution is -0.145. The van der Waals surface area contributed by atoms with Crippen molar-refractivity contribution in [3.8, 4) is 0 Å². The fraction of sp³-hybridized carbons (Fsp3) is 0.556. The van der Waals surface area contributed by atoms with Crippen molar-refractivity contribution in [1.82, 2.24) is 0 Å². The molecule has 1 aromatic carbocycles. The summed E-state index contributed by atoms with van der Waals surface area (Å²) in [6, 6.07) is 7.47. The van der Waals surface area contributed by atoms with E-state index in [-0.39, 0.29) is 18.4 Å². The van der Waals surface area contributed by atoms with Crippen molar-refractivity contribution >= 4 is 11.9 Å². The molecule has 0 fully saturated rings. The van der Waals surface area contributed by atoms with E-state index in [4.69, 9.17) is 9.47 Å². The van der Waals surface area contributed by atoms with Crippen molar-refractivity contribution in [2.75, 3.05) is 6.61 Å². The van der Waals surface area contributed by atoms with Gasteiger partial charge in [0.15, 0.2) is 0 Å². The van der Waals surface area contributed by atoms with Crippen LogP contribution < -0.4 is 0 Å². The second-order valence-electron chi connectivity index (χ2n) is 5.70. The number of carbonyl (C=O) groups is 2. The second kappa shape index (κ2) is 9.23. The molecule has 0 amide bonds. The molecule has 0 N–H and O–H groups in total. The highest BCUT2D eigenvalue weighted by Gasteiger charge is 2.20. The molecule has 4 heteroatoms. The fourth-order valence-electron chi connectivity index (χ4n) is 2.23. The van der Waals surface area contributed by atoms with Gasteiger partial charge in [0.25, 0.3) is 0 Å². The first-order valence-corrected chi connectivity index (χ1v) is 7.92. The van der Waals surface area contributed by atoms with Crippen LogP contribution in [0, 0.1) is 5.92 Å². The lowest BCUT2D eigenvalue weighted by atomic mass is 9.98. The molecule has 1 atom stereocenters. The Hall–Kier alpha value is -1.84. The highest BCUT2D eigenvalue weighted by molar-refractivity contribution is 5.91. The Morgan fingerprint density at radius 2 is 1.82 bits per heavy atom. The Morgan fingerprint density at radius 3 is 2.41 bits per heavy atom. The summed E-state index contributed by atoms with van der Waals surface area (Å²) >= 11 is 0. The van der Waals surface area contributed by atoms with Gasteiger partial charge in [-0.05, 0) is 37.3 Å². The van der Waals surface area contributed by atoms with Crippen LogP contribution in [-0.4, -0.2) is 24.6 Å². The van der Waals surface area contributed by atoms with E-state index in [1.807, 2.05) is 25.1 Å². The van der Waals surface area contributed by atoms with Crippen LogP contribution in [0.5, 0.6) is 0 Å². The molecule has 0 spiro atoms. The number of hydrogen-bond donors (Lipinski definition) is 0. The van der Waals surface area contributed by atoms with E-state index in [1.165, 1.54) is 0 Å². The number of carbonyl (C=O) groups excluding carboxylic acids is 2. The summed E-state index contributed by atoms with van der Waals surface area (Å²) < 4.78 is 10.4. The maximum absolute atomic E-state index is 12.4. The number of benzene rings is 1. The molecule has 22 heavy (non-hydrogen) atoms. The minimum atomic E-state index is -0.446. The van der Waals surface area contributed by atoms with Gasteiger partial charge in [-0.15, -0.1) is 0 Å². The van der Waals surface area contributed by atoms with Crippen LogP contribution >= 0.6 is 0 Å². The number of ether oxygens (including phenoxy) is 2. The minimum absolute atomic E-state index is 0.0996. The zero-order chi connectivity index (χ0) is 16.5. The van der Waals surface area contributed by atoms with Gasteiger partial charge < -0.3 is 9.47 Å². The molecule has 1 rings (SSSR count). The Morgan fingerprint density at radius 1 is 1.14 bits per heavy atom. The third-order valence-electron chi connectivity index (χ3n) is 3.29. The predicted octanol–water partition coefficient (Wildman–Crippen LogP) is 3.77. The third kappa shape index (κ3) is 5.88. The maximum atomic E-state index is 12.4. The average molecular weight is 306 g/mol. The Bertz CT molecular complexity index is 494.